The first-order valence-corrected chi connectivity index (χ1v) is 20.9. The van der Waals surface area contributed by atoms with Gasteiger partial charge in [0.15, 0.2) is 0 Å². The molecule has 0 unspecified atom stereocenters. The number of Topliss-reactive ketones (excluding diaryl/α,β-unsaturated/α-hetero) is 1. The smallest absolute Gasteiger partial charge is 0.300 e. The van der Waals surface area contributed by atoms with Crippen LogP contribution in [0.5, 0.6) is 0 Å². The van der Waals surface area contributed by atoms with E-state index >= 15 is 0 Å². The van der Waals surface area contributed by atoms with E-state index in [2.05, 4.69) is 152 Å². The molecule has 0 amide bonds. The van der Waals surface area contributed by atoms with Gasteiger partial charge in [-0.05, 0) is 52.0 Å². The standard InChI is InChI=1S/C28H24N6.C24H20B.C3H6O.Cu/c1-21(25-17-9-11-19-29-25)31-33-27(23-13-5-3-6-14-23)28(24-15-7-4-8-16-24)34-32-22(2)26-18-10-12-20-30-26;1-5-13-21(14-6-1)25(22-15-7-2-8-16-22,23-17-9-3-10-18-23)24-19-11-4-12-20-24;1-3(2)4;/h3-20H,1-2H3;1-20H;1-2H3;/q;-1;;+1/b31-21+,32-22+,33-27-,34-28-;;;. The van der Waals surface area contributed by atoms with Crippen molar-refractivity contribution in [1.82, 2.24) is 9.97 Å². The van der Waals surface area contributed by atoms with Gasteiger partial charge >= 0.3 is 17.1 Å². The van der Waals surface area contributed by atoms with Gasteiger partial charge in [-0.25, -0.2) is 0 Å². The number of hydrogen-bond acceptors (Lipinski definition) is 7. The summed E-state index contributed by atoms with van der Waals surface area (Å²) in [5.41, 5.74) is 11.3. The largest absolute Gasteiger partial charge is 1.00 e. The van der Waals surface area contributed by atoms with Gasteiger partial charge < -0.3 is 4.79 Å². The molecule has 0 aliphatic rings. The third kappa shape index (κ3) is 12.8. The summed E-state index contributed by atoms with van der Waals surface area (Å²) in [6, 6.07) is 74.7. The minimum atomic E-state index is -1.22. The summed E-state index contributed by atoms with van der Waals surface area (Å²) >= 11 is 0. The third-order valence-electron chi connectivity index (χ3n) is 10.2. The Morgan fingerprint density at radius 2 is 0.609 bits per heavy atom. The molecular formula is C55H50BCuN6O. The molecule has 0 saturated heterocycles. The quantitative estimate of drug-likeness (QED) is 0.0737. The number of ketones is 1. The van der Waals surface area contributed by atoms with Crippen molar-refractivity contribution < 1.29 is 21.9 Å². The number of aromatic nitrogens is 2. The Hall–Kier alpha value is -7.45. The van der Waals surface area contributed by atoms with E-state index in [4.69, 9.17) is 0 Å². The Kier molecular flexibility index (Phi) is 18.5. The van der Waals surface area contributed by atoms with Crippen LogP contribution in [0.2, 0.25) is 0 Å². The summed E-state index contributed by atoms with van der Waals surface area (Å²) in [5.74, 6) is 0.167. The van der Waals surface area contributed by atoms with Crippen molar-refractivity contribution in [3.05, 3.63) is 253 Å². The van der Waals surface area contributed by atoms with Crippen molar-refractivity contribution in [1.29, 1.82) is 0 Å². The molecule has 6 aromatic carbocycles. The summed E-state index contributed by atoms with van der Waals surface area (Å²) in [6.45, 7) is 6.83. The summed E-state index contributed by atoms with van der Waals surface area (Å²) in [6.07, 6.45) is 2.26. The van der Waals surface area contributed by atoms with E-state index in [0.29, 0.717) is 22.8 Å². The minimum absolute atomic E-state index is 0. The number of nitrogens with zero attached hydrogens (tertiary/aromatic N) is 6. The zero-order chi connectivity index (χ0) is 44.1. The van der Waals surface area contributed by atoms with Gasteiger partial charge in [0.05, 0.1) is 22.8 Å². The van der Waals surface area contributed by atoms with E-state index in [-0.39, 0.29) is 22.9 Å². The summed E-state index contributed by atoms with van der Waals surface area (Å²) in [4.78, 5) is 18.2. The Morgan fingerprint density at radius 1 is 0.359 bits per heavy atom. The molecule has 8 aromatic rings. The van der Waals surface area contributed by atoms with Gasteiger partial charge in [-0.3, -0.25) is 9.97 Å². The second kappa shape index (κ2) is 24.9. The summed E-state index contributed by atoms with van der Waals surface area (Å²) in [5, 5.41) is 18.3. The maximum absolute atomic E-state index is 9.44. The van der Waals surface area contributed by atoms with Crippen LogP contribution in [0.3, 0.4) is 0 Å². The molecule has 0 atom stereocenters. The van der Waals surface area contributed by atoms with Crippen LogP contribution in [0, 0.1) is 0 Å². The molecule has 2 aromatic heterocycles. The molecule has 7 nitrogen and oxygen atoms in total. The molecule has 320 valence electrons. The van der Waals surface area contributed by atoms with Crippen LogP contribution in [0.4, 0.5) is 0 Å². The van der Waals surface area contributed by atoms with E-state index in [0.717, 1.165) is 22.5 Å². The fourth-order valence-corrected chi connectivity index (χ4v) is 7.30. The molecule has 0 bridgehead atoms. The first kappa shape index (κ1) is 47.6. The fourth-order valence-electron chi connectivity index (χ4n) is 7.30. The second-order valence-electron chi connectivity index (χ2n) is 14.8. The molecule has 8 rings (SSSR count). The Morgan fingerprint density at radius 3 is 0.859 bits per heavy atom. The maximum atomic E-state index is 9.44. The Bertz CT molecular complexity index is 2470. The van der Waals surface area contributed by atoms with Gasteiger partial charge in [0.2, 0.25) is 0 Å². The summed E-state index contributed by atoms with van der Waals surface area (Å²) < 4.78 is 0. The zero-order valence-electron chi connectivity index (χ0n) is 36.4. The topological polar surface area (TPSA) is 92.3 Å². The van der Waals surface area contributed by atoms with E-state index in [1.165, 1.54) is 35.7 Å². The molecule has 0 fully saturated rings. The summed E-state index contributed by atoms with van der Waals surface area (Å²) in [7, 11) is 0. The molecule has 0 spiro atoms. The maximum Gasteiger partial charge on any atom is 1.00 e. The zero-order valence-corrected chi connectivity index (χ0v) is 37.4. The number of hydrogen-bond donors (Lipinski definition) is 0. The van der Waals surface area contributed by atoms with Gasteiger partial charge in [0.1, 0.15) is 23.4 Å². The van der Waals surface area contributed by atoms with Crippen LogP contribution in [-0.4, -0.2) is 44.7 Å². The number of carbonyl (C=O) groups excluding carboxylic acids is 1. The number of benzene rings is 6. The van der Waals surface area contributed by atoms with E-state index in [1.54, 1.807) is 12.4 Å². The van der Waals surface area contributed by atoms with E-state index < -0.39 is 6.15 Å². The van der Waals surface area contributed by atoms with Crippen molar-refractivity contribution in [2.45, 2.75) is 27.7 Å². The number of carbonyl (C=O) groups is 1. The van der Waals surface area contributed by atoms with Crippen molar-refractivity contribution >= 4 is 56.6 Å². The van der Waals surface area contributed by atoms with Gasteiger partial charge in [-0.15, -0.1) is 10.2 Å². The van der Waals surface area contributed by atoms with Crippen molar-refractivity contribution in [3.63, 3.8) is 0 Å². The molecular weight excluding hydrogens is 835 g/mol. The van der Waals surface area contributed by atoms with Crippen LogP contribution in [0.25, 0.3) is 0 Å². The van der Waals surface area contributed by atoms with Crippen LogP contribution in [0.15, 0.2) is 251 Å². The van der Waals surface area contributed by atoms with Gasteiger partial charge in [0, 0.05) is 23.5 Å². The predicted octanol–water partition coefficient (Wildman–Crippen LogP) is 9.26. The average Bonchev–Trinajstić information content (AvgIpc) is 3.35. The third-order valence-corrected chi connectivity index (χ3v) is 10.2. The molecule has 0 aliphatic carbocycles. The monoisotopic (exact) mass is 884 g/mol. The molecule has 0 aliphatic heterocycles. The molecule has 9 heteroatoms. The normalized spacial score (nSPS) is 11.8. The Labute approximate surface area is 388 Å². The SMILES string of the molecule is CC(C)=O.C\C(=N/N=C(\C(=N/N=C(\C)c1ccccn1)c1ccccc1)c1ccccc1)c1ccccn1.[Cu+].c1ccc([B-](c2ccccc2)(c2ccccc2)c2ccccc2)cc1. The van der Waals surface area contributed by atoms with E-state index in [1.807, 2.05) is 111 Å². The van der Waals surface area contributed by atoms with Crippen LogP contribution >= 0.6 is 0 Å². The molecule has 64 heavy (non-hydrogen) atoms. The predicted molar refractivity (Wildman–Crippen MR) is 265 cm³/mol. The van der Waals surface area contributed by atoms with Gasteiger partial charge in [0.25, 0.3) is 0 Å². The first-order valence-electron chi connectivity index (χ1n) is 20.9. The van der Waals surface area contributed by atoms with E-state index in [9.17, 15) is 4.79 Å². The van der Waals surface area contributed by atoms with Crippen molar-refractivity contribution in [2.75, 3.05) is 0 Å². The molecule has 0 radical (unpaired) electrons. The van der Waals surface area contributed by atoms with Crippen LogP contribution < -0.4 is 21.9 Å². The second-order valence-corrected chi connectivity index (χ2v) is 14.8. The van der Waals surface area contributed by atoms with Gasteiger partial charge in [-0.1, -0.05) is 194 Å². The number of rotatable bonds is 11. The molecule has 0 N–H and O–H groups in total. The fraction of sp³-hybridized carbons (Fsp3) is 0.0727. The first-order chi connectivity index (χ1) is 30.9. The van der Waals surface area contributed by atoms with Gasteiger partial charge in [-0.2, -0.15) is 32.1 Å². The van der Waals surface area contributed by atoms with Crippen molar-refractivity contribution in [2.24, 2.45) is 20.4 Å². The van der Waals surface area contributed by atoms with Crippen LogP contribution in [-0.2, 0) is 21.9 Å². The van der Waals surface area contributed by atoms with Crippen molar-refractivity contribution in [3.8, 4) is 0 Å². The Balaban J connectivity index is 0.000000227. The number of pyridine rings is 2. The molecule has 2 heterocycles. The molecule has 0 saturated carbocycles. The average molecular weight is 885 g/mol. The van der Waals surface area contributed by atoms with Crippen LogP contribution in [0.1, 0.15) is 50.2 Å². The minimum Gasteiger partial charge on any atom is -0.300 e.